The van der Waals surface area contributed by atoms with E-state index in [1.54, 1.807) is 12.1 Å². The first-order valence-corrected chi connectivity index (χ1v) is 8.56. The van der Waals surface area contributed by atoms with Crippen molar-refractivity contribution in [3.05, 3.63) is 36.4 Å². The van der Waals surface area contributed by atoms with E-state index in [9.17, 15) is 8.42 Å². The van der Waals surface area contributed by atoms with E-state index >= 15 is 0 Å². The number of rotatable bonds is 5. The van der Waals surface area contributed by atoms with E-state index in [1.807, 2.05) is 6.92 Å². The molecule has 1 aromatic carbocycles. The number of fused-ring (bicyclic) bond motifs is 1. The van der Waals surface area contributed by atoms with Crippen molar-refractivity contribution in [1.82, 2.24) is 4.83 Å². The van der Waals surface area contributed by atoms with Crippen LogP contribution in [0.2, 0.25) is 0 Å². The van der Waals surface area contributed by atoms with E-state index in [1.165, 1.54) is 12.1 Å². The Hall–Kier alpha value is -1.82. The monoisotopic (exact) mass is 306 g/mol. The maximum atomic E-state index is 12.2. The summed E-state index contributed by atoms with van der Waals surface area (Å²) in [5.41, 5.74) is 0.944. The van der Waals surface area contributed by atoms with Gasteiger partial charge in [-0.3, -0.25) is 0 Å². The fourth-order valence-electron chi connectivity index (χ4n) is 2.72. The fraction of sp³-hybridized carbons (Fsp3) is 0.400. The molecule has 0 spiro atoms. The van der Waals surface area contributed by atoms with Crippen molar-refractivity contribution in [2.75, 3.05) is 6.61 Å². The molecule has 1 N–H and O–H groups in total. The van der Waals surface area contributed by atoms with Crippen LogP contribution in [0, 0.1) is 11.8 Å². The Morgan fingerprint density at radius 3 is 2.76 bits per heavy atom. The number of ether oxygens (including phenoxy) is 1. The van der Waals surface area contributed by atoms with Gasteiger partial charge in [0.05, 0.1) is 11.5 Å². The maximum absolute atomic E-state index is 12.2. The third kappa shape index (κ3) is 2.81. The first-order chi connectivity index (χ1) is 10.1. The number of nitrogens with zero attached hydrogens (tertiary/aromatic N) is 1. The Bertz CT molecular complexity index is 677. The van der Waals surface area contributed by atoms with Crippen molar-refractivity contribution in [2.45, 2.75) is 24.7 Å². The van der Waals surface area contributed by atoms with Gasteiger partial charge in [-0.1, -0.05) is 12.2 Å². The molecule has 3 rings (SSSR count). The molecule has 6 heteroatoms. The van der Waals surface area contributed by atoms with Crippen molar-refractivity contribution in [3.8, 4) is 5.75 Å². The average molecular weight is 306 g/mol. The summed E-state index contributed by atoms with van der Waals surface area (Å²) in [6.45, 7) is 2.43. The second-order valence-electron chi connectivity index (χ2n) is 5.24. The number of nitrogens with one attached hydrogen (secondary N) is 1. The molecule has 2 aliphatic rings. The van der Waals surface area contributed by atoms with E-state index in [-0.39, 0.29) is 4.90 Å². The van der Waals surface area contributed by atoms with Crippen LogP contribution in [0.3, 0.4) is 0 Å². The summed E-state index contributed by atoms with van der Waals surface area (Å²) in [5, 5.41) is 4.09. The van der Waals surface area contributed by atoms with Crippen molar-refractivity contribution in [3.63, 3.8) is 0 Å². The second kappa shape index (κ2) is 5.52. The zero-order valence-corrected chi connectivity index (χ0v) is 12.6. The van der Waals surface area contributed by atoms with Gasteiger partial charge in [0.25, 0.3) is 10.0 Å². The van der Waals surface area contributed by atoms with Gasteiger partial charge in [-0.15, -0.1) is 0 Å². The molecule has 0 aromatic heterocycles. The third-order valence-electron chi connectivity index (χ3n) is 3.92. The van der Waals surface area contributed by atoms with Crippen molar-refractivity contribution in [2.24, 2.45) is 16.9 Å². The lowest BCUT2D eigenvalue weighted by molar-refractivity contribution is 0.340. The molecule has 5 nitrogen and oxygen atoms in total. The Morgan fingerprint density at radius 2 is 2.10 bits per heavy atom. The Labute approximate surface area is 124 Å². The molecular weight excluding hydrogens is 288 g/mol. The van der Waals surface area contributed by atoms with Crippen LogP contribution in [0.15, 0.2) is 46.4 Å². The molecule has 1 aromatic rings. The number of benzene rings is 1. The zero-order valence-electron chi connectivity index (χ0n) is 11.8. The van der Waals surface area contributed by atoms with Gasteiger partial charge in [0.2, 0.25) is 0 Å². The van der Waals surface area contributed by atoms with E-state index < -0.39 is 10.0 Å². The lowest BCUT2D eigenvalue weighted by Crippen LogP contribution is -2.35. The highest BCUT2D eigenvalue weighted by molar-refractivity contribution is 7.89. The molecule has 112 valence electrons. The SMILES string of the molecule is CCOc1ccc(S(=O)(=O)N/N=C2\C[C@@H]3C=CC[C@@H]23)cc1. The molecule has 0 bridgehead atoms. The number of allylic oxidation sites excluding steroid dienone is 2. The summed E-state index contributed by atoms with van der Waals surface area (Å²) in [7, 11) is -3.61. The normalized spacial score (nSPS) is 25.5. The molecule has 1 saturated carbocycles. The van der Waals surface area contributed by atoms with Crippen molar-refractivity contribution >= 4 is 15.7 Å². The number of hydrogen-bond acceptors (Lipinski definition) is 4. The summed E-state index contributed by atoms with van der Waals surface area (Å²) >= 11 is 0. The molecule has 0 amide bonds. The van der Waals surface area contributed by atoms with Gasteiger partial charge in [-0.05, 0) is 49.9 Å². The minimum atomic E-state index is -3.61. The van der Waals surface area contributed by atoms with Crippen LogP contribution in [0.4, 0.5) is 0 Å². The third-order valence-corrected chi connectivity index (χ3v) is 5.14. The average Bonchev–Trinajstić information content (AvgIpc) is 2.81. The molecule has 0 aliphatic heterocycles. The lowest BCUT2D eigenvalue weighted by atomic mass is 9.74. The van der Waals surface area contributed by atoms with Gasteiger partial charge >= 0.3 is 0 Å². The highest BCUT2D eigenvalue weighted by Crippen LogP contribution is 2.40. The molecular formula is C15H18N2O3S. The Balaban J connectivity index is 1.68. The van der Waals surface area contributed by atoms with Crippen LogP contribution >= 0.6 is 0 Å². The molecule has 2 atom stereocenters. The highest BCUT2D eigenvalue weighted by Gasteiger charge is 2.38. The van der Waals surface area contributed by atoms with Gasteiger partial charge in [-0.25, -0.2) is 4.83 Å². The van der Waals surface area contributed by atoms with Crippen LogP contribution in [-0.4, -0.2) is 20.7 Å². The van der Waals surface area contributed by atoms with Crippen LogP contribution in [0.5, 0.6) is 5.75 Å². The standard InChI is InChI=1S/C15H18N2O3S/c1-2-20-12-6-8-13(9-7-12)21(18,19)17-16-15-10-11-4-3-5-14(11)15/h3-4,6-9,11,14,17H,2,5,10H2,1H3/b16-15+/t11-,14+/m0/s1. The Morgan fingerprint density at radius 1 is 1.33 bits per heavy atom. The fourth-order valence-corrected chi connectivity index (χ4v) is 3.55. The summed E-state index contributed by atoms with van der Waals surface area (Å²) in [6.07, 6.45) is 6.14. The van der Waals surface area contributed by atoms with Crippen molar-refractivity contribution in [1.29, 1.82) is 0 Å². The van der Waals surface area contributed by atoms with Crippen LogP contribution < -0.4 is 9.57 Å². The Kier molecular flexibility index (Phi) is 3.71. The number of hydrogen-bond donors (Lipinski definition) is 1. The van der Waals surface area contributed by atoms with E-state index in [0.717, 1.165) is 18.6 Å². The predicted molar refractivity (Wildman–Crippen MR) is 80.7 cm³/mol. The maximum Gasteiger partial charge on any atom is 0.276 e. The number of hydrazone groups is 1. The van der Waals surface area contributed by atoms with Gasteiger partial charge in [0.15, 0.2) is 0 Å². The molecule has 21 heavy (non-hydrogen) atoms. The second-order valence-corrected chi connectivity index (χ2v) is 6.90. The van der Waals surface area contributed by atoms with E-state index in [4.69, 9.17) is 4.74 Å². The lowest BCUT2D eigenvalue weighted by Gasteiger charge is -2.31. The van der Waals surface area contributed by atoms with Gasteiger partial charge < -0.3 is 4.74 Å². The smallest absolute Gasteiger partial charge is 0.276 e. The first-order valence-electron chi connectivity index (χ1n) is 7.08. The molecule has 0 heterocycles. The molecule has 0 radical (unpaired) electrons. The zero-order chi connectivity index (χ0) is 14.9. The van der Waals surface area contributed by atoms with Crippen LogP contribution in [0.25, 0.3) is 0 Å². The van der Waals surface area contributed by atoms with Gasteiger partial charge in [0.1, 0.15) is 5.75 Å². The van der Waals surface area contributed by atoms with Crippen LogP contribution in [-0.2, 0) is 10.0 Å². The highest BCUT2D eigenvalue weighted by atomic mass is 32.2. The quantitative estimate of drug-likeness (QED) is 0.670. The van der Waals surface area contributed by atoms with Gasteiger partial charge in [0, 0.05) is 11.6 Å². The minimum absolute atomic E-state index is 0.190. The molecule has 2 aliphatic carbocycles. The van der Waals surface area contributed by atoms with Crippen molar-refractivity contribution < 1.29 is 13.2 Å². The van der Waals surface area contributed by atoms with Gasteiger partial charge in [-0.2, -0.15) is 13.5 Å². The molecule has 1 fully saturated rings. The predicted octanol–water partition coefficient (Wildman–Crippen LogP) is 2.32. The van der Waals surface area contributed by atoms with E-state index in [2.05, 4.69) is 22.1 Å². The van der Waals surface area contributed by atoms with Crippen LogP contribution in [0.1, 0.15) is 19.8 Å². The summed E-state index contributed by atoms with van der Waals surface area (Å²) < 4.78 is 29.6. The topological polar surface area (TPSA) is 67.8 Å². The minimum Gasteiger partial charge on any atom is -0.494 e. The summed E-state index contributed by atoms with van der Waals surface area (Å²) in [5.74, 6) is 1.60. The largest absolute Gasteiger partial charge is 0.494 e. The molecule has 0 saturated heterocycles. The summed E-state index contributed by atoms with van der Waals surface area (Å²) in [6, 6.07) is 6.33. The first kappa shape index (κ1) is 14.1. The summed E-state index contributed by atoms with van der Waals surface area (Å²) in [4.78, 5) is 2.52. The number of sulfonamides is 1. The van der Waals surface area contributed by atoms with E-state index in [0.29, 0.717) is 24.2 Å². The molecule has 0 unspecified atom stereocenters.